The Kier molecular flexibility index (Phi) is 6.19. The molecule has 1 saturated carbocycles. The van der Waals surface area contributed by atoms with Crippen molar-refractivity contribution in [3.05, 3.63) is 71.0 Å². The predicted octanol–water partition coefficient (Wildman–Crippen LogP) is 5.15. The van der Waals surface area contributed by atoms with Gasteiger partial charge in [0.05, 0.1) is 6.04 Å². The summed E-state index contributed by atoms with van der Waals surface area (Å²) in [5.74, 6) is 0.283. The molecule has 0 spiro atoms. The number of hydrogen-bond acceptors (Lipinski definition) is 5. The maximum atomic E-state index is 14.3. The SMILES string of the molecule is CNC(=O)c1cc2ccccc2c(N2CCCc3cc(C(C=NC4CC4)=CN)c(C(F)F)cc32)n1. The zero-order valence-electron chi connectivity index (χ0n) is 19.5. The molecule has 0 atom stereocenters. The minimum Gasteiger partial charge on any atom is -0.404 e. The Labute approximate surface area is 202 Å². The molecule has 0 radical (unpaired) electrons. The molecule has 5 rings (SSSR count). The lowest BCUT2D eigenvalue weighted by molar-refractivity contribution is 0.0958. The minimum absolute atomic E-state index is 0.0960. The third-order valence-corrected chi connectivity index (χ3v) is 6.50. The third-order valence-electron chi connectivity index (χ3n) is 6.50. The van der Waals surface area contributed by atoms with E-state index in [1.807, 2.05) is 35.2 Å². The number of benzene rings is 2. The number of rotatable bonds is 6. The van der Waals surface area contributed by atoms with E-state index in [0.29, 0.717) is 29.2 Å². The summed E-state index contributed by atoms with van der Waals surface area (Å²) in [6.07, 6.45) is 3.88. The molecule has 1 amide bonds. The fourth-order valence-corrected chi connectivity index (χ4v) is 4.54. The van der Waals surface area contributed by atoms with Gasteiger partial charge in [-0.05, 0) is 60.4 Å². The highest BCUT2D eigenvalue weighted by molar-refractivity contribution is 6.10. The van der Waals surface area contributed by atoms with Gasteiger partial charge in [-0.15, -0.1) is 0 Å². The van der Waals surface area contributed by atoms with Crippen molar-refractivity contribution in [3.63, 3.8) is 0 Å². The van der Waals surface area contributed by atoms with E-state index in [9.17, 15) is 13.6 Å². The number of alkyl halides is 2. The second-order valence-corrected chi connectivity index (χ2v) is 8.89. The minimum atomic E-state index is -2.69. The lowest BCUT2D eigenvalue weighted by Gasteiger charge is -2.33. The molecule has 6 nitrogen and oxygen atoms in total. The summed E-state index contributed by atoms with van der Waals surface area (Å²) >= 11 is 0. The van der Waals surface area contributed by atoms with Gasteiger partial charge in [-0.25, -0.2) is 13.8 Å². The molecule has 1 aromatic heterocycles. The molecule has 180 valence electrons. The zero-order valence-corrected chi connectivity index (χ0v) is 19.5. The van der Waals surface area contributed by atoms with Crippen LogP contribution in [0.4, 0.5) is 20.3 Å². The van der Waals surface area contributed by atoms with Crippen LogP contribution in [0.25, 0.3) is 16.3 Å². The molecule has 1 aliphatic carbocycles. The number of amides is 1. The molecule has 2 aliphatic rings. The van der Waals surface area contributed by atoms with Crippen LogP contribution in [0.15, 0.2) is 53.7 Å². The standard InChI is InChI=1S/C27H27F2N5O/c1-31-27(35)23-12-16-5-2-3-7-20(16)26(33-23)34-10-4-6-17-11-21(22(25(28)29)13-24(17)34)18(14-30)15-32-19-8-9-19/h2-3,5,7,11-15,19,25H,4,6,8-10,30H2,1H3,(H,31,35). The van der Waals surface area contributed by atoms with Gasteiger partial charge in [-0.1, -0.05) is 24.3 Å². The average Bonchev–Trinajstić information content (AvgIpc) is 3.71. The topological polar surface area (TPSA) is 83.6 Å². The van der Waals surface area contributed by atoms with Crippen LogP contribution in [0.3, 0.4) is 0 Å². The van der Waals surface area contributed by atoms with Gasteiger partial charge < -0.3 is 16.0 Å². The first-order chi connectivity index (χ1) is 17.0. The van der Waals surface area contributed by atoms with Crippen molar-refractivity contribution < 1.29 is 13.6 Å². The molecular formula is C27H27F2N5O. The number of pyridine rings is 1. The van der Waals surface area contributed by atoms with Gasteiger partial charge >= 0.3 is 0 Å². The number of anilines is 2. The summed E-state index contributed by atoms with van der Waals surface area (Å²) in [7, 11) is 1.56. The van der Waals surface area contributed by atoms with Gasteiger partial charge in [-0.3, -0.25) is 9.79 Å². The Morgan fingerprint density at radius 3 is 2.77 bits per heavy atom. The molecule has 35 heavy (non-hydrogen) atoms. The van der Waals surface area contributed by atoms with Gasteiger partial charge in [0, 0.05) is 48.2 Å². The van der Waals surface area contributed by atoms with Crippen molar-refractivity contribution in [2.24, 2.45) is 10.7 Å². The fraction of sp³-hybridized carbons (Fsp3) is 0.296. The van der Waals surface area contributed by atoms with Crippen LogP contribution in [0, 0.1) is 0 Å². The Morgan fingerprint density at radius 1 is 1.26 bits per heavy atom. The largest absolute Gasteiger partial charge is 0.404 e. The number of hydrogen-bond donors (Lipinski definition) is 2. The van der Waals surface area contributed by atoms with Gasteiger partial charge in [0.2, 0.25) is 0 Å². The summed E-state index contributed by atoms with van der Waals surface area (Å²) in [5, 5.41) is 4.34. The normalized spacial score (nSPS) is 16.2. The number of fused-ring (bicyclic) bond motifs is 2. The molecule has 3 N–H and O–H groups in total. The van der Waals surface area contributed by atoms with Crippen molar-refractivity contribution in [1.82, 2.24) is 10.3 Å². The first-order valence-corrected chi connectivity index (χ1v) is 11.8. The summed E-state index contributed by atoms with van der Waals surface area (Å²) < 4.78 is 28.6. The Hall–Kier alpha value is -3.81. The highest BCUT2D eigenvalue weighted by Gasteiger charge is 2.27. The number of aryl methyl sites for hydroxylation is 1. The number of allylic oxidation sites excluding steroid dienone is 1. The second kappa shape index (κ2) is 9.44. The second-order valence-electron chi connectivity index (χ2n) is 8.89. The van der Waals surface area contributed by atoms with E-state index >= 15 is 0 Å². The maximum absolute atomic E-state index is 14.3. The number of nitrogens with one attached hydrogen (secondary N) is 1. The first-order valence-electron chi connectivity index (χ1n) is 11.8. The number of nitrogens with two attached hydrogens (primary N) is 1. The maximum Gasteiger partial charge on any atom is 0.269 e. The van der Waals surface area contributed by atoms with Gasteiger partial charge in [0.25, 0.3) is 12.3 Å². The van der Waals surface area contributed by atoms with Crippen molar-refractivity contribution in [2.75, 3.05) is 18.5 Å². The van der Waals surface area contributed by atoms with Crippen LogP contribution in [-0.2, 0) is 6.42 Å². The molecule has 0 unspecified atom stereocenters. The van der Waals surface area contributed by atoms with E-state index in [4.69, 9.17) is 5.73 Å². The smallest absolute Gasteiger partial charge is 0.269 e. The van der Waals surface area contributed by atoms with E-state index in [2.05, 4.69) is 15.3 Å². The van der Waals surface area contributed by atoms with Crippen molar-refractivity contribution in [1.29, 1.82) is 0 Å². The van der Waals surface area contributed by atoms with E-state index in [-0.39, 0.29) is 23.2 Å². The quantitative estimate of drug-likeness (QED) is 0.483. The number of aromatic nitrogens is 1. The lowest BCUT2D eigenvalue weighted by Crippen LogP contribution is -2.27. The van der Waals surface area contributed by atoms with E-state index in [1.165, 1.54) is 6.20 Å². The monoisotopic (exact) mass is 475 g/mol. The molecule has 1 fully saturated rings. The lowest BCUT2D eigenvalue weighted by atomic mass is 9.92. The Morgan fingerprint density at radius 2 is 2.06 bits per heavy atom. The van der Waals surface area contributed by atoms with Crippen molar-refractivity contribution >= 4 is 40.0 Å². The number of aliphatic imine (C=N–C) groups is 1. The molecule has 8 heteroatoms. The van der Waals surface area contributed by atoms with E-state index in [0.717, 1.165) is 42.0 Å². The van der Waals surface area contributed by atoms with E-state index in [1.54, 1.807) is 25.4 Å². The fourth-order valence-electron chi connectivity index (χ4n) is 4.54. The molecule has 2 heterocycles. The summed E-state index contributed by atoms with van der Waals surface area (Å²) in [5.41, 5.74) is 8.54. The number of halogens is 2. The van der Waals surface area contributed by atoms with Crippen molar-refractivity contribution in [3.8, 4) is 0 Å². The average molecular weight is 476 g/mol. The van der Waals surface area contributed by atoms with E-state index < -0.39 is 6.43 Å². The van der Waals surface area contributed by atoms with Crippen LogP contribution in [0.2, 0.25) is 0 Å². The van der Waals surface area contributed by atoms with Crippen LogP contribution in [0.5, 0.6) is 0 Å². The molecule has 0 bridgehead atoms. The molecule has 1 aliphatic heterocycles. The van der Waals surface area contributed by atoms with Crippen molar-refractivity contribution in [2.45, 2.75) is 38.2 Å². The molecule has 2 aromatic carbocycles. The molecule has 0 saturated heterocycles. The number of nitrogens with zero attached hydrogens (tertiary/aromatic N) is 3. The first kappa shape index (κ1) is 23.0. The summed E-state index contributed by atoms with van der Waals surface area (Å²) in [4.78, 5) is 23.5. The van der Waals surface area contributed by atoms with Crippen LogP contribution < -0.4 is 16.0 Å². The summed E-state index contributed by atoms with van der Waals surface area (Å²) in [6.45, 7) is 0.603. The zero-order chi connectivity index (χ0) is 24.5. The highest BCUT2D eigenvalue weighted by atomic mass is 19.3. The van der Waals surface area contributed by atoms with Crippen LogP contribution >= 0.6 is 0 Å². The van der Waals surface area contributed by atoms with Crippen LogP contribution in [-0.4, -0.2) is 36.7 Å². The van der Waals surface area contributed by atoms with Gasteiger partial charge in [0.15, 0.2) is 0 Å². The Balaban J connectivity index is 1.66. The number of carbonyl (C=O) groups excluding carboxylic acids is 1. The number of carbonyl (C=O) groups is 1. The molecular weight excluding hydrogens is 448 g/mol. The summed E-state index contributed by atoms with van der Waals surface area (Å²) in [6, 6.07) is 13.0. The highest BCUT2D eigenvalue weighted by Crippen LogP contribution is 2.41. The van der Waals surface area contributed by atoms with Crippen LogP contribution in [0.1, 0.15) is 52.9 Å². The Bertz CT molecular complexity index is 1350. The third kappa shape index (κ3) is 4.48. The molecule has 3 aromatic rings. The van der Waals surface area contributed by atoms with Gasteiger partial charge in [-0.2, -0.15) is 0 Å². The van der Waals surface area contributed by atoms with Gasteiger partial charge in [0.1, 0.15) is 11.5 Å². The predicted molar refractivity (Wildman–Crippen MR) is 136 cm³/mol.